The summed E-state index contributed by atoms with van der Waals surface area (Å²) in [5.41, 5.74) is 5.36. The minimum atomic E-state index is 0.632. The van der Waals surface area contributed by atoms with Crippen LogP contribution in [0.2, 0.25) is 0 Å². The Morgan fingerprint density at radius 2 is 2.14 bits per heavy atom. The summed E-state index contributed by atoms with van der Waals surface area (Å²) in [4.78, 5) is 2.58. The Morgan fingerprint density at radius 3 is 2.79 bits per heavy atom. The van der Waals surface area contributed by atoms with Gasteiger partial charge in [-0.2, -0.15) is 0 Å². The molecule has 0 aromatic heterocycles. The van der Waals surface area contributed by atoms with Crippen molar-refractivity contribution in [3.8, 4) is 0 Å². The third-order valence-corrected chi connectivity index (χ3v) is 3.18. The van der Waals surface area contributed by atoms with E-state index in [-0.39, 0.29) is 0 Å². The first-order chi connectivity index (χ1) is 6.79. The lowest BCUT2D eigenvalue weighted by Gasteiger charge is -2.27. The molecule has 2 atom stereocenters. The predicted molar refractivity (Wildman–Crippen MR) is 59.4 cm³/mol. The van der Waals surface area contributed by atoms with Crippen LogP contribution in [0.4, 0.5) is 0 Å². The highest BCUT2D eigenvalue weighted by atomic mass is 16.5. The van der Waals surface area contributed by atoms with Gasteiger partial charge in [-0.1, -0.05) is 6.92 Å². The second-order valence-corrected chi connectivity index (χ2v) is 4.13. The van der Waals surface area contributed by atoms with Crippen molar-refractivity contribution >= 4 is 0 Å². The first kappa shape index (κ1) is 12.0. The molecule has 1 heterocycles. The van der Waals surface area contributed by atoms with E-state index in [0.29, 0.717) is 13.2 Å². The molecule has 1 rings (SSSR count). The molecule has 84 valence electrons. The van der Waals surface area contributed by atoms with Crippen molar-refractivity contribution in [3.63, 3.8) is 0 Å². The molecular weight excluding hydrogens is 176 g/mol. The quantitative estimate of drug-likeness (QED) is 0.655. The monoisotopic (exact) mass is 200 g/mol. The molecule has 1 aliphatic rings. The Bertz CT molecular complexity index is 152. The maximum absolute atomic E-state index is 5.42. The van der Waals surface area contributed by atoms with E-state index in [1.807, 2.05) is 0 Å². The Kier molecular flexibility index (Phi) is 5.45. The number of hydrogen-bond acceptors (Lipinski definition) is 3. The molecule has 1 fully saturated rings. The van der Waals surface area contributed by atoms with Gasteiger partial charge in [0.1, 0.15) is 0 Å². The minimum Gasteiger partial charge on any atom is -0.379 e. The molecule has 2 unspecified atom stereocenters. The van der Waals surface area contributed by atoms with E-state index in [1.165, 1.54) is 19.3 Å². The van der Waals surface area contributed by atoms with Crippen LogP contribution in [0.15, 0.2) is 0 Å². The molecule has 0 spiro atoms. The molecule has 0 bridgehead atoms. The Balaban J connectivity index is 2.19. The first-order valence-corrected chi connectivity index (χ1v) is 5.83. The van der Waals surface area contributed by atoms with E-state index in [1.54, 1.807) is 0 Å². The van der Waals surface area contributed by atoms with Crippen LogP contribution >= 0.6 is 0 Å². The number of hydrogen-bond donors (Lipinski definition) is 1. The van der Waals surface area contributed by atoms with E-state index in [0.717, 1.165) is 25.2 Å². The smallest absolute Gasteiger partial charge is 0.0594 e. The second kappa shape index (κ2) is 6.38. The highest BCUT2D eigenvalue weighted by Gasteiger charge is 2.28. The van der Waals surface area contributed by atoms with E-state index >= 15 is 0 Å². The van der Waals surface area contributed by atoms with Crippen molar-refractivity contribution < 1.29 is 4.74 Å². The molecule has 0 amide bonds. The first-order valence-electron chi connectivity index (χ1n) is 5.83. The number of likely N-dealkylation sites (tertiary alicyclic amines) is 1. The van der Waals surface area contributed by atoms with Crippen LogP contribution < -0.4 is 5.73 Å². The van der Waals surface area contributed by atoms with Gasteiger partial charge in [-0.3, -0.25) is 4.90 Å². The highest BCUT2D eigenvalue weighted by Crippen LogP contribution is 2.25. The zero-order valence-corrected chi connectivity index (χ0v) is 9.54. The summed E-state index contributed by atoms with van der Waals surface area (Å²) in [5.74, 6) is 0. The van der Waals surface area contributed by atoms with Crippen molar-refractivity contribution in [2.45, 2.75) is 45.2 Å². The summed E-state index contributed by atoms with van der Waals surface area (Å²) in [6.45, 7) is 7.82. The van der Waals surface area contributed by atoms with Gasteiger partial charge in [0.25, 0.3) is 0 Å². The molecule has 14 heavy (non-hydrogen) atoms. The summed E-state index contributed by atoms with van der Waals surface area (Å²) in [6.07, 6.45) is 3.96. The van der Waals surface area contributed by atoms with Crippen LogP contribution in [-0.4, -0.2) is 43.3 Å². The van der Waals surface area contributed by atoms with Crippen LogP contribution in [0.25, 0.3) is 0 Å². The molecule has 2 N–H and O–H groups in total. The molecule has 3 nitrogen and oxygen atoms in total. The topological polar surface area (TPSA) is 38.5 Å². The zero-order valence-electron chi connectivity index (χ0n) is 9.54. The molecular formula is C11H24N2O. The molecule has 0 saturated carbocycles. The van der Waals surface area contributed by atoms with Crippen LogP contribution in [0.1, 0.15) is 33.1 Å². The van der Waals surface area contributed by atoms with Crippen LogP contribution in [0.5, 0.6) is 0 Å². The lowest BCUT2D eigenvalue weighted by atomic mass is 10.2. The number of ether oxygens (including phenoxy) is 1. The van der Waals surface area contributed by atoms with Crippen LogP contribution in [-0.2, 0) is 4.74 Å². The van der Waals surface area contributed by atoms with Gasteiger partial charge in [0.05, 0.1) is 13.2 Å². The van der Waals surface area contributed by atoms with Crippen molar-refractivity contribution in [1.29, 1.82) is 0 Å². The standard InChI is InChI=1S/C11H24N2O/c1-3-11-5-4-10(2)13(11)7-9-14-8-6-12/h10-11H,3-9,12H2,1-2H3. The normalized spacial score (nSPS) is 28.5. The summed E-state index contributed by atoms with van der Waals surface area (Å²) >= 11 is 0. The maximum Gasteiger partial charge on any atom is 0.0594 e. The maximum atomic E-state index is 5.42. The Hall–Kier alpha value is -0.120. The average molecular weight is 200 g/mol. The van der Waals surface area contributed by atoms with Gasteiger partial charge in [0, 0.05) is 25.2 Å². The SMILES string of the molecule is CCC1CCC(C)N1CCOCCN. The van der Waals surface area contributed by atoms with E-state index in [9.17, 15) is 0 Å². The lowest BCUT2D eigenvalue weighted by Crippen LogP contribution is -2.37. The van der Waals surface area contributed by atoms with Gasteiger partial charge in [-0.15, -0.1) is 0 Å². The largest absolute Gasteiger partial charge is 0.379 e. The molecule has 0 radical (unpaired) electrons. The zero-order chi connectivity index (χ0) is 10.4. The summed E-state index contributed by atoms with van der Waals surface area (Å²) in [5, 5.41) is 0. The number of nitrogens with zero attached hydrogens (tertiary/aromatic N) is 1. The van der Waals surface area contributed by atoms with Crippen molar-refractivity contribution in [1.82, 2.24) is 4.90 Å². The Morgan fingerprint density at radius 1 is 1.36 bits per heavy atom. The van der Waals surface area contributed by atoms with Gasteiger partial charge in [0.15, 0.2) is 0 Å². The predicted octanol–water partition coefficient (Wildman–Crippen LogP) is 1.22. The van der Waals surface area contributed by atoms with Gasteiger partial charge < -0.3 is 10.5 Å². The lowest BCUT2D eigenvalue weighted by molar-refractivity contribution is 0.0903. The number of nitrogens with two attached hydrogens (primary N) is 1. The Labute approximate surface area is 87.6 Å². The van der Waals surface area contributed by atoms with Crippen LogP contribution in [0, 0.1) is 0 Å². The van der Waals surface area contributed by atoms with Crippen molar-refractivity contribution in [3.05, 3.63) is 0 Å². The third kappa shape index (κ3) is 3.23. The fourth-order valence-electron chi connectivity index (χ4n) is 2.32. The van der Waals surface area contributed by atoms with Crippen molar-refractivity contribution in [2.24, 2.45) is 5.73 Å². The van der Waals surface area contributed by atoms with Gasteiger partial charge in [0.2, 0.25) is 0 Å². The average Bonchev–Trinajstić information content (AvgIpc) is 2.55. The van der Waals surface area contributed by atoms with Gasteiger partial charge >= 0.3 is 0 Å². The second-order valence-electron chi connectivity index (χ2n) is 4.13. The molecule has 0 aromatic carbocycles. The minimum absolute atomic E-state index is 0.632. The molecule has 3 heteroatoms. The fourth-order valence-corrected chi connectivity index (χ4v) is 2.32. The number of rotatable bonds is 6. The molecule has 0 aliphatic carbocycles. The summed E-state index contributed by atoms with van der Waals surface area (Å²) in [6, 6.07) is 1.52. The fraction of sp³-hybridized carbons (Fsp3) is 1.00. The van der Waals surface area contributed by atoms with Crippen LogP contribution in [0.3, 0.4) is 0 Å². The van der Waals surface area contributed by atoms with Gasteiger partial charge in [-0.25, -0.2) is 0 Å². The summed E-state index contributed by atoms with van der Waals surface area (Å²) in [7, 11) is 0. The van der Waals surface area contributed by atoms with E-state index < -0.39 is 0 Å². The van der Waals surface area contributed by atoms with E-state index in [2.05, 4.69) is 18.7 Å². The van der Waals surface area contributed by atoms with Crippen molar-refractivity contribution in [2.75, 3.05) is 26.3 Å². The molecule has 1 saturated heterocycles. The van der Waals surface area contributed by atoms with Gasteiger partial charge in [-0.05, 0) is 26.2 Å². The summed E-state index contributed by atoms with van der Waals surface area (Å²) < 4.78 is 5.42. The highest BCUT2D eigenvalue weighted by molar-refractivity contribution is 4.83. The van der Waals surface area contributed by atoms with E-state index in [4.69, 9.17) is 10.5 Å². The molecule has 1 aliphatic heterocycles. The molecule has 0 aromatic rings. The third-order valence-electron chi connectivity index (χ3n) is 3.18.